The molecule has 1 aromatic rings. The third kappa shape index (κ3) is 5.10. The topological polar surface area (TPSA) is 87.7 Å². The molecule has 2 atom stereocenters. The van der Waals surface area contributed by atoms with Gasteiger partial charge in [-0.15, -0.1) is 0 Å². The minimum absolute atomic E-state index is 0.273. The number of likely N-dealkylation sites (N-methyl/N-ethyl adjacent to an activating group) is 1. The van der Waals surface area contributed by atoms with Crippen molar-refractivity contribution in [3.05, 3.63) is 23.2 Å². The Labute approximate surface area is 172 Å². The molecule has 0 spiro atoms. The van der Waals surface area contributed by atoms with Gasteiger partial charge in [-0.3, -0.25) is 14.4 Å². The number of halogens is 6. The van der Waals surface area contributed by atoms with Crippen molar-refractivity contribution in [2.24, 2.45) is 5.92 Å². The largest absolute Gasteiger partial charge is 0.489 e. The van der Waals surface area contributed by atoms with E-state index in [1.165, 1.54) is 35.5 Å². The van der Waals surface area contributed by atoms with Crippen molar-refractivity contribution in [3.8, 4) is 5.75 Å². The molecule has 3 amide bonds. The van der Waals surface area contributed by atoms with Gasteiger partial charge < -0.3 is 20.3 Å². The van der Waals surface area contributed by atoms with Crippen LogP contribution in [0.25, 0.3) is 0 Å². The number of ether oxygens (including phenoxy) is 1. The number of nitrogens with one attached hydrogen (secondary N) is 2. The number of nitrogens with zero attached hydrogens (tertiary/aromatic N) is 1. The number of fused-ring (bicyclic) bond motifs is 1. The van der Waals surface area contributed by atoms with Crippen LogP contribution in [-0.2, 0) is 14.4 Å². The van der Waals surface area contributed by atoms with Gasteiger partial charge in [0.25, 0.3) is 5.91 Å². The van der Waals surface area contributed by atoms with E-state index < -0.39 is 48.3 Å². The van der Waals surface area contributed by atoms with E-state index in [0.29, 0.717) is 10.7 Å². The van der Waals surface area contributed by atoms with Crippen LogP contribution in [0.5, 0.6) is 5.75 Å². The smallest absolute Gasteiger partial charge is 0.455 e. The molecule has 0 bridgehead atoms. The van der Waals surface area contributed by atoms with Crippen LogP contribution in [0.15, 0.2) is 18.2 Å². The first-order valence-electron chi connectivity index (χ1n) is 8.47. The first kappa shape index (κ1) is 23.6. The van der Waals surface area contributed by atoms with Gasteiger partial charge in [-0.25, -0.2) is 0 Å². The van der Waals surface area contributed by atoms with Crippen LogP contribution in [0.2, 0.25) is 5.02 Å². The molecule has 2 N–H and O–H groups in total. The average molecular weight is 458 g/mol. The summed E-state index contributed by atoms with van der Waals surface area (Å²) in [5.41, 5.74) is 0.376. The Balaban J connectivity index is 2.01. The van der Waals surface area contributed by atoms with Crippen LogP contribution < -0.4 is 20.3 Å². The summed E-state index contributed by atoms with van der Waals surface area (Å²) in [7, 11) is 1.41. The summed E-state index contributed by atoms with van der Waals surface area (Å²) in [4.78, 5) is 37.8. The quantitative estimate of drug-likeness (QED) is 0.524. The van der Waals surface area contributed by atoms with Crippen molar-refractivity contribution in [1.82, 2.24) is 10.6 Å². The van der Waals surface area contributed by atoms with E-state index in [4.69, 9.17) is 16.3 Å². The van der Waals surface area contributed by atoms with E-state index in [0.717, 1.165) is 6.92 Å². The van der Waals surface area contributed by atoms with E-state index in [-0.39, 0.29) is 12.4 Å². The molecule has 1 heterocycles. The van der Waals surface area contributed by atoms with Gasteiger partial charge in [0.2, 0.25) is 11.8 Å². The van der Waals surface area contributed by atoms with Crippen LogP contribution >= 0.6 is 11.6 Å². The number of alkyl halides is 5. The van der Waals surface area contributed by atoms with E-state index in [1.54, 1.807) is 0 Å². The highest BCUT2D eigenvalue weighted by Crippen LogP contribution is 2.35. The Morgan fingerprint density at radius 3 is 2.50 bits per heavy atom. The van der Waals surface area contributed by atoms with Gasteiger partial charge in [-0.05, 0) is 19.1 Å². The van der Waals surface area contributed by atoms with Crippen LogP contribution in [0.3, 0.4) is 0 Å². The van der Waals surface area contributed by atoms with Crippen molar-refractivity contribution in [3.63, 3.8) is 0 Å². The SMILES string of the molecule is CC(C(=O)NCC(F)(F)C(F)(F)F)C(=O)N[C@H]1COc2cc(Cl)ccc2N(C)C1=O. The molecule has 7 nitrogen and oxygen atoms in total. The standard InChI is InChI=1S/C17H17ClF5N3O4/c1-8(13(27)24-7-16(19,20)17(21,22)23)14(28)25-10-6-30-12-5-9(18)3-4-11(12)26(2)15(10)29/h3-5,8,10H,6-7H2,1-2H3,(H,24,27)(H,25,28)/t8?,10-/m0/s1. The number of amides is 3. The number of carbonyl (C=O) groups is 3. The fourth-order valence-electron chi connectivity index (χ4n) is 2.45. The van der Waals surface area contributed by atoms with E-state index >= 15 is 0 Å². The highest BCUT2D eigenvalue weighted by atomic mass is 35.5. The first-order chi connectivity index (χ1) is 13.7. The lowest BCUT2D eigenvalue weighted by Crippen LogP contribution is -2.53. The number of rotatable bonds is 5. The number of anilines is 1. The second kappa shape index (κ2) is 8.62. The lowest BCUT2D eigenvalue weighted by molar-refractivity contribution is -0.278. The molecule has 1 aromatic carbocycles. The molecule has 166 valence electrons. The van der Waals surface area contributed by atoms with Gasteiger partial charge in [0.05, 0.1) is 12.2 Å². The molecular formula is C17H17ClF5N3O4. The summed E-state index contributed by atoms with van der Waals surface area (Å²) in [5.74, 6) is -9.54. The normalized spacial score (nSPS) is 18.1. The zero-order valence-corrected chi connectivity index (χ0v) is 16.4. The van der Waals surface area contributed by atoms with Crippen molar-refractivity contribution in [1.29, 1.82) is 0 Å². The molecule has 30 heavy (non-hydrogen) atoms. The first-order valence-corrected chi connectivity index (χ1v) is 8.85. The van der Waals surface area contributed by atoms with Crippen LogP contribution in [0, 0.1) is 5.92 Å². The molecular weight excluding hydrogens is 441 g/mol. The van der Waals surface area contributed by atoms with Gasteiger partial charge >= 0.3 is 12.1 Å². The summed E-state index contributed by atoms with van der Waals surface area (Å²) in [5, 5.41) is 3.97. The summed E-state index contributed by atoms with van der Waals surface area (Å²) in [6.45, 7) is -1.34. The number of carbonyl (C=O) groups excluding carboxylic acids is 3. The van der Waals surface area contributed by atoms with Gasteiger partial charge in [-0.1, -0.05) is 11.6 Å². The molecule has 0 aliphatic carbocycles. The minimum Gasteiger partial charge on any atom is -0.489 e. The summed E-state index contributed by atoms with van der Waals surface area (Å²) < 4.78 is 67.8. The highest BCUT2D eigenvalue weighted by molar-refractivity contribution is 6.30. The number of benzene rings is 1. The molecule has 1 unspecified atom stereocenters. The van der Waals surface area contributed by atoms with Crippen LogP contribution in [0.1, 0.15) is 6.92 Å². The highest BCUT2D eigenvalue weighted by Gasteiger charge is 2.57. The zero-order chi connectivity index (χ0) is 22.9. The molecule has 1 aliphatic heterocycles. The summed E-state index contributed by atoms with van der Waals surface area (Å²) in [6.07, 6.45) is -5.85. The fraction of sp³-hybridized carbons (Fsp3) is 0.471. The Kier molecular flexibility index (Phi) is 6.80. The monoisotopic (exact) mass is 457 g/mol. The number of hydrogen-bond acceptors (Lipinski definition) is 4. The predicted octanol–water partition coefficient (Wildman–Crippen LogP) is 2.13. The third-order valence-electron chi connectivity index (χ3n) is 4.32. The van der Waals surface area contributed by atoms with Gasteiger partial charge in [-0.2, -0.15) is 22.0 Å². The minimum atomic E-state index is -5.85. The molecule has 13 heteroatoms. The van der Waals surface area contributed by atoms with Crippen molar-refractivity contribution < 1.29 is 41.1 Å². The molecule has 1 aliphatic rings. The molecule has 0 saturated carbocycles. The van der Waals surface area contributed by atoms with Gasteiger partial charge in [0.15, 0.2) is 0 Å². The Hall–Kier alpha value is -2.63. The molecule has 0 saturated heterocycles. The van der Waals surface area contributed by atoms with E-state index in [9.17, 15) is 36.3 Å². The predicted molar refractivity (Wildman–Crippen MR) is 95.5 cm³/mol. The maximum Gasteiger partial charge on any atom is 0.455 e. The van der Waals surface area contributed by atoms with Crippen molar-refractivity contribution in [2.45, 2.75) is 25.1 Å². The maximum absolute atomic E-state index is 12.9. The summed E-state index contributed by atoms with van der Waals surface area (Å²) in [6, 6.07) is 3.27. The Morgan fingerprint density at radius 1 is 1.27 bits per heavy atom. The average Bonchev–Trinajstić information content (AvgIpc) is 2.76. The molecule has 0 radical (unpaired) electrons. The number of hydrogen-bond donors (Lipinski definition) is 2. The van der Waals surface area contributed by atoms with E-state index in [2.05, 4.69) is 5.32 Å². The van der Waals surface area contributed by atoms with Crippen LogP contribution in [-0.4, -0.2) is 56.1 Å². The van der Waals surface area contributed by atoms with Gasteiger partial charge in [0.1, 0.15) is 24.3 Å². The van der Waals surface area contributed by atoms with Crippen LogP contribution in [0.4, 0.5) is 27.6 Å². The van der Waals surface area contributed by atoms with E-state index in [1.807, 2.05) is 0 Å². The zero-order valence-electron chi connectivity index (χ0n) is 15.6. The van der Waals surface area contributed by atoms with Crippen molar-refractivity contribution in [2.75, 3.05) is 25.1 Å². The fourth-order valence-corrected chi connectivity index (χ4v) is 2.61. The Morgan fingerprint density at radius 2 is 1.90 bits per heavy atom. The molecule has 0 fully saturated rings. The molecule has 2 rings (SSSR count). The second-order valence-electron chi connectivity index (χ2n) is 6.52. The van der Waals surface area contributed by atoms with Crippen molar-refractivity contribution >= 4 is 35.0 Å². The summed E-state index contributed by atoms with van der Waals surface area (Å²) >= 11 is 5.88. The lowest BCUT2D eigenvalue weighted by Gasteiger charge is -2.23. The van der Waals surface area contributed by atoms with Gasteiger partial charge in [0, 0.05) is 18.1 Å². The third-order valence-corrected chi connectivity index (χ3v) is 4.55. The molecule has 0 aromatic heterocycles. The Bertz CT molecular complexity index is 849. The maximum atomic E-state index is 12.9. The lowest BCUT2D eigenvalue weighted by atomic mass is 10.1. The second-order valence-corrected chi connectivity index (χ2v) is 6.96.